The van der Waals surface area contributed by atoms with Gasteiger partial charge in [-0.2, -0.15) is 13.2 Å². The van der Waals surface area contributed by atoms with E-state index in [9.17, 15) is 18.0 Å². The number of nitrogens with zero attached hydrogens (tertiary/aromatic N) is 2. The second-order valence-corrected chi connectivity index (χ2v) is 6.98. The maximum Gasteiger partial charge on any atom is 0.417 e. The standard InChI is InChI=1S/C21H21F3N2O/c1-13-6-5-7-14(10-13)11-17-19(21(22,23)24)16-12-15(25(2)3)8-9-18(16)26(4)20(17)27/h5-10,12H,11H2,1-4H3. The Morgan fingerprint density at radius 3 is 2.37 bits per heavy atom. The highest BCUT2D eigenvalue weighted by molar-refractivity contribution is 5.87. The fourth-order valence-corrected chi connectivity index (χ4v) is 3.39. The number of pyridine rings is 1. The lowest BCUT2D eigenvalue weighted by Gasteiger charge is -2.20. The Kier molecular flexibility index (Phi) is 4.76. The summed E-state index contributed by atoms with van der Waals surface area (Å²) in [4.78, 5) is 14.6. The van der Waals surface area contributed by atoms with Gasteiger partial charge in [-0.05, 0) is 30.7 Å². The summed E-state index contributed by atoms with van der Waals surface area (Å²) < 4.78 is 43.4. The smallest absolute Gasteiger partial charge is 0.378 e. The molecule has 0 saturated heterocycles. The number of hydrogen-bond acceptors (Lipinski definition) is 2. The second-order valence-electron chi connectivity index (χ2n) is 6.98. The summed E-state index contributed by atoms with van der Waals surface area (Å²) >= 11 is 0. The van der Waals surface area contributed by atoms with E-state index in [2.05, 4.69) is 0 Å². The molecule has 1 aromatic heterocycles. The SMILES string of the molecule is Cc1cccc(Cc2c(C(F)(F)F)c3cc(N(C)C)ccc3n(C)c2=O)c1. The van der Waals surface area contributed by atoms with Gasteiger partial charge in [-0.15, -0.1) is 0 Å². The first-order valence-electron chi connectivity index (χ1n) is 8.55. The average molecular weight is 374 g/mol. The van der Waals surface area contributed by atoms with Crippen molar-refractivity contribution in [2.75, 3.05) is 19.0 Å². The van der Waals surface area contributed by atoms with E-state index in [4.69, 9.17) is 0 Å². The first kappa shape index (κ1) is 19.0. The van der Waals surface area contributed by atoms with Crippen molar-refractivity contribution in [2.24, 2.45) is 7.05 Å². The number of anilines is 1. The van der Waals surface area contributed by atoms with Gasteiger partial charge in [0.25, 0.3) is 5.56 Å². The summed E-state index contributed by atoms with van der Waals surface area (Å²) in [6.07, 6.45) is -4.69. The highest BCUT2D eigenvalue weighted by Gasteiger charge is 2.37. The van der Waals surface area contributed by atoms with Crippen molar-refractivity contribution < 1.29 is 13.2 Å². The Morgan fingerprint density at radius 2 is 1.78 bits per heavy atom. The van der Waals surface area contributed by atoms with Crippen LogP contribution >= 0.6 is 0 Å². The number of fused-ring (bicyclic) bond motifs is 1. The van der Waals surface area contributed by atoms with Crippen molar-refractivity contribution in [3.63, 3.8) is 0 Å². The molecule has 3 nitrogen and oxygen atoms in total. The van der Waals surface area contributed by atoms with Gasteiger partial charge >= 0.3 is 6.18 Å². The highest BCUT2D eigenvalue weighted by atomic mass is 19.4. The minimum Gasteiger partial charge on any atom is -0.378 e. The van der Waals surface area contributed by atoms with Gasteiger partial charge in [-0.25, -0.2) is 0 Å². The number of halogens is 3. The molecule has 0 aliphatic rings. The molecule has 27 heavy (non-hydrogen) atoms. The first-order valence-corrected chi connectivity index (χ1v) is 8.55. The third-order valence-corrected chi connectivity index (χ3v) is 4.74. The molecule has 2 aromatic carbocycles. The molecule has 3 aromatic rings. The topological polar surface area (TPSA) is 25.2 Å². The predicted octanol–water partition coefficient (Wildman–Crippen LogP) is 4.52. The van der Waals surface area contributed by atoms with Gasteiger partial charge in [0.05, 0.1) is 11.1 Å². The van der Waals surface area contributed by atoms with Crippen molar-refractivity contribution in [1.29, 1.82) is 0 Å². The van der Waals surface area contributed by atoms with Gasteiger partial charge < -0.3 is 9.47 Å². The molecule has 0 aliphatic heterocycles. The van der Waals surface area contributed by atoms with E-state index in [0.29, 0.717) is 11.3 Å². The zero-order valence-corrected chi connectivity index (χ0v) is 15.7. The normalized spacial score (nSPS) is 11.8. The number of hydrogen-bond donors (Lipinski definition) is 0. The molecule has 0 fully saturated rings. The van der Waals surface area contributed by atoms with E-state index in [1.54, 1.807) is 49.3 Å². The van der Waals surface area contributed by atoms with Crippen molar-refractivity contribution in [2.45, 2.75) is 19.5 Å². The Morgan fingerprint density at radius 1 is 1.07 bits per heavy atom. The Bertz CT molecular complexity index is 1070. The van der Waals surface area contributed by atoms with Gasteiger partial charge in [-0.1, -0.05) is 29.8 Å². The summed E-state index contributed by atoms with van der Waals surface area (Å²) in [5.41, 5.74) is 0.854. The van der Waals surface area contributed by atoms with Crippen LogP contribution in [-0.2, 0) is 19.6 Å². The molecule has 0 spiro atoms. The van der Waals surface area contributed by atoms with Gasteiger partial charge in [-0.3, -0.25) is 4.79 Å². The third-order valence-electron chi connectivity index (χ3n) is 4.74. The zero-order chi connectivity index (χ0) is 19.9. The fourth-order valence-electron chi connectivity index (χ4n) is 3.39. The van der Waals surface area contributed by atoms with Crippen LogP contribution in [0.1, 0.15) is 22.3 Å². The van der Waals surface area contributed by atoms with E-state index < -0.39 is 17.3 Å². The molecule has 0 amide bonds. The molecule has 0 bridgehead atoms. The second kappa shape index (κ2) is 6.76. The number of aryl methyl sites for hydroxylation is 2. The first-order chi connectivity index (χ1) is 12.6. The summed E-state index contributed by atoms with van der Waals surface area (Å²) in [5.74, 6) is 0. The van der Waals surface area contributed by atoms with Gasteiger partial charge in [0.2, 0.25) is 0 Å². The van der Waals surface area contributed by atoms with E-state index in [1.807, 2.05) is 13.0 Å². The minimum atomic E-state index is -4.63. The van der Waals surface area contributed by atoms with E-state index in [-0.39, 0.29) is 22.9 Å². The third kappa shape index (κ3) is 3.56. The fraction of sp³-hybridized carbons (Fsp3) is 0.286. The average Bonchev–Trinajstić information content (AvgIpc) is 2.58. The summed E-state index contributed by atoms with van der Waals surface area (Å²) in [7, 11) is 5.05. The number of benzene rings is 2. The van der Waals surface area contributed by atoms with E-state index in [0.717, 1.165) is 5.56 Å². The van der Waals surface area contributed by atoms with Crippen LogP contribution in [0.15, 0.2) is 47.3 Å². The molecule has 142 valence electrons. The van der Waals surface area contributed by atoms with E-state index >= 15 is 0 Å². The predicted molar refractivity (Wildman–Crippen MR) is 103 cm³/mol. The number of alkyl halides is 3. The van der Waals surface area contributed by atoms with Crippen LogP contribution in [0.5, 0.6) is 0 Å². The Labute approximate surface area is 155 Å². The van der Waals surface area contributed by atoms with Crippen molar-refractivity contribution in [1.82, 2.24) is 4.57 Å². The summed E-state index contributed by atoms with van der Waals surface area (Å²) in [6.45, 7) is 1.87. The lowest BCUT2D eigenvalue weighted by atomic mass is 9.96. The molecule has 0 N–H and O–H groups in total. The monoisotopic (exact) mass is 374 g/mol. The van der Waals surface area contributed by atoms with Crippen molar-refractivity contribution in [3.05, 3.63) is 75.1 Å². The summed E-state index contributed by atoms with van der Waals surface area (Å²) in [5, 5.41) is 0.0402. The van der Waals surface area contributed by atoms with Crippen LogP contribution in [-0.4, -0.2) is 18.7 Å². The van der Waals surface area contributed by atoms with Crippen molar-refractivity contribution in [3.8, 4) is 0 Å². The van der Waals surface area contributed by atoms with Gasteiger partial charge in [0.1, 0.15) is 0 Å². The lowest BCUT2D eigenvalue weighted by molar-refractivity contribution is -0.137. The van der Waals surface area contributed by atoms with E-state index in [1.165, 1.54) is 17.7 Å². The molecule has 0 atom stereocenters. The van der Waals surface area contributed by atoms with Crippen LogP contribution in [0.2, 0.25) is 0 Å². The van der Waals surface area contributed by atoms with Crippen LogP contribution < -0.4 is 10.5 Å². The Hall–Kier alpha value is -2.76. The molecule has 6 heteroatoms. The summed E-state index contributed by atoms with van der Waals surface area (Å²) in [6, 6.07) is 12.0. The van der Waals surface area contributed by atoms with Gasteiger partial charge in [0.15, 0.2) is 0 Å². The molecule has 3 rings (SSSR count). The Balaban J connectivity index is 2.37. The van der Waals surface area contributed by atoms with Gasteiger partial charge in [0, 0.05) is 44.2 Å². The molecule has 0 radical (unpaired) electrons. The molecule has 0 aliphatic carbocycles. The lowest BCUT2D eigenvalue weighted by Crippen LogP contribution is -2.27. The number of aromatic nitrogens is 1. The molecular formula is C21H21F3N2O. The maximum absolute atomic E-state index is 14.0. The minimum absolute atomic E-state index is 0.0402. The van der Waals surface area contributed by atoms with Crippen LogP contribution in [0.25, 0.3) is 10.9 Å². The van der Waals surface area contributed by atoms with Crippen LogP contribution in [0.3, 0.4) is 0 Å². The zero-order valence-electron chi connectivity index (χ0n) is 15.7. The molecule has 1 heterocycles. The largest absolute Gasteiger partial charge is 0.417 e. The van der Waals surface area contributed by atoms with Crippen molar-refractivity contribution >= 4 is 16.6 Å². The number of rotatable bonds is 3. The van der Waals surface area contributed by atoms with Crippen LogP contribution in [0, 0.1) is 6.92 Å². The quantitative estimate of drug-likeness (QED) is 0.673. The maximum atomic E-state index is 14.0. The highest BCUT2D eigenvalue weighted by Crippen LogP contribution is 2.38. The molecule has 0 saturated carbocycles. The molecular weight excluding hydrogens is 353 g/mol. The van der Waals surface area contributed by atoms with Crippen LogP contribution in [0.4, 0.5) is 18.9 Å². The molecule has 0 unspecified atom stereocenters.